The lowest BCUT2D eigenvalue weighted by molar-refractivity contribution is 0.321. The van der Waals surface area contributed by atoms with Gasteiger partial charge in [-0.15, -0.1) is 0 Å². The Balaban J connectivity index is 1.73. The normalized spacial score (nSPS) is 21.3. The predicted octanol–water partition coefficient (Wildman–Crippen LogP) is 6.44. The van der Waals surface area contributed by atoms with Crippen molar-refractivity contribution in [2.75, 3.05) is 0 Å². The number of hydrogen-bond acceptors (Lipinski definition) is 0. The smallest absolute Gasteiger partial charge is 0.00628 e. The van der Waals surface area contributed by atoms with Crippen LogP contribution in [0.25, 0.3) is 11.6 Å². The van der Waals surface area contributed by atoms with E-state index >= 15 is 0 Å². The first kappa shape index (κ1) is 14.5. The first-order valence-electron chi connectivity index (χ1n) is 8.67. The third-order valence-electron chi connectivity index (χ3n) is 5.70. The molecular formula is C23H24. The lowest BCUT2D eigenvalue weighted by Gasteiger charge is -2.36. The van der Waals surface area contributed by atoms with Crippen molar-refractivity contribution in [3.05, 3.63) is 82.9 Å². The molecule has 0 aromatic heterocycles. The van der Waals surface area contributed by atoms with Crippen LogP contribution in [-0.2, 0) is 0 Å². The summed E-state index contributed by atoms with van der Waals surface area (Å²) in [5.74, 6) is 0.646. The van der Waals surface area contributed by atoms with E-state index in [4.69, 9.17) is 0 Å². The lowest BCUT2D eigenvalue weighted by atomic mass is 9.68. The number of benzene rings is 2. The molecule has 0 saturated heterocycles. The van der Waals surface area contributed by atoms with E-state index in [1.165, 1.54) is 41.5 Å². The standard InChI is InChI=1S/C23H24/c1-16(17-8-5-4-6-9-17)18-11-12-20-19(14-18)15-22-21(20)10-7-13-23(22,2)3/h4-6,8-9,11-12,14-15,21H,1,7,10,13H2,2-3H3. The molecule has 0 heteroatoms. The van der Waals surface area contributed by atoms with Crippen molar-refractivity contribution in [2.45, 2.75) is 39.0 Å². The van der Waals surface area contributed by atoms with Crippen LogP contribution in [0.1, 0.15) is 61.3 Å². The van der Waals surface area contributed by atoms with Crippen molar-refractivity contribution < 1.29 is 0 Å². The molecule has 0 nitrogen and oxygen atoms in total. The number of allylic oxidation sites excluding steroid dienone is 1. The molecule has 0 heterocycles. The van der Waals surface area contributed by atoms with Gasteiger partial charge in [0, 0.05) is 5.92 Å². The van der Waals surface area contributed by atoms with Crippen LogP contribution in [0.2, 0.25) is 0 Å². The van der Waals surface area contributed by atoms with Crippen molar-refractivity contribution in [3.63, 3.8) is 0 Å². The minimum absolute atomic E-state index is 0.346. The number of hydrogen-bond donors (Lipinski definition) is 0. The SMILES string of the molecule is C=C(c1ccccc1)c1ccc2c(c1)C=C1C2CCCC1(C)C. The zero-order chi connectivity index (χ0) is 16.0. The summed E-state index contributed by atoms with van der Waals surface area (Å²) in [7, 11) is 0. The van der Waals surface area contributed by atoms with Crippen LogP contribution in [0.15, 0.2) is 60.7 Å². The van der Waals surface area contributed by atoms with Crippen molar-refractivity contribution in [3.8, 4) is 0 Å². The fraction of sp³-hybridized carbons (Fsp3) is 0.304. The molecule has 2 aromatic carbocycles. The zero-order valence-electron chi connectivity index (χ0n) is 14.1. The van der Waals surface area contributed by atoms with E-state index < -0.39 is 0 Å². The number of rotatable bonds is 2. The van der Waals surface area contributed by atoms with Crippen molar-refractivity contribution >= 4 is 11.6 Å². The van der Waals surface area contributed by atoms with Gasteiger partial charge in [-0.25, -0.2) is 0 Å². The quantitative estimate of drug-likeness (QED) is 0.598. The molecule has 116 valence electrons. The third-order valence-corrected chi connectivity index (χ3v) is 5.70. The molecular weight excluding hydrogens is 276 g/mol. The highest BCUT2D eigenvalue weighted by molar-refractivity contribution is 5.81. The second-order valence-corrected chi connectivity index (χ2v) is 7.62. The van der Waals surface area contributed by atoms with E-state index in [0.717, 1.165) is 5.57 Å². The van der Waals surface area contributed by atoms with Crippen molar-refractivity contribution in [2.24, 2.45) is 5.41 Å². The Morgan fingerprint density at radius 3 is 2.61 bits per heavy atom. The van der Waals surface area contributed by atoms with Gasteiger partial charge in [-0.3, -0.25) is 0 Å². The largest absolute Gasteiger partial charge is 0.0906 e. The Kier molecular flexibility index (Phi) is 3.30. The van der Waals surface area contributed by atoms with Gasteiger partial charge in [-0.1, -0.05) is 81.0 Å². The summed E-state index contributed by atoms with van der Waals surface area (Å²) in [4.78, 5) is 0. The molecule has 0 spiro atoms. The first-order valence-corrected chi connectivity index (χ1v) is 8.67. The van der Waals surface area contributed by atoms with Gasteiger partial charge in [0.15, 0.2) is 0 Å². The van der Waals surface area contributed by atoms with Gasteiger partial charge in [0.25, 0.3) is 0 Å². The van der Waals surface area contributed by atoms with Gasteiger partial charge < -0.3 is 0 Å². The van der Waals surface area contributed by atoms with E-state index in [1.54, 1.807) is 5.57 Å². The van der Waals surface area contributed by atoms with Gasteiger partial charge in [0.2, 0.25) is 0 Å². The summed E-state index contributed by atoms with van der Waals surface area (Å²) >= 11 is 0. The van der Waals surface area contributed by atoms with Crippen LogP contribution >= 0.6 is 0 Å². The van der Waals surface area contributed by atoms with E-state index in [0.29, 0.717) is 11.3 Å². The Bertz CT molecular complexity index is 790. The van der Waals surface area contributed by atoms with Gasteiger partial charge >= 0.3 is 0 Å². The predicted molar refractivity (Wildman–Crippen MR) is 99.4 cm³/mol. The average molecular weight is 300 g/mol. The fourth-order valence-electron chi connectivity index (χ4n) is 4.32. The van der Waals surface area contributed by atoms with Crippen LogP contribution in [0, 0.1) is 5.41 Å². The van der Waals surface area contributed by atoms with E-state index in [1.807, 2.05) is 0 Å². The molecule has 2 aromatic rings. The van der Waals surface area contributed by atoms with Gasteiger partial charge in [0.05, 0.1) is 0 Å². The molecule has 0 aliphatic heterocycles. The van der Waals surface area contributed by atoms with E-state index in [-0.39, 0.29) is 0 Å². The Labute approximate surface area is 139 Å². The molecule has 2 aliphatic carbocycles. The molecule has 23 heavy (non-hydrogen) atoms. The Morgan fingerprint density at radius 1 is 1.04 bits per heavy atom. The van der Waals surface area contributed by atoms with Crippen molar-refractivity contribution in [1.29, 1.82) is 0 Å². The summed E-state index contributed by atoms with van der Waals surface area (Å²) in [5.41, 5.74) is 8.48. The Morgan fingerprint density at radius 2 is 1.83 bits per heavy atom. The molecule has 0 amide bonds. The highest BCUT2D eigenvalue weighted by Gasteiger charge is 2.38. The van der Waals surface area contributed by atoms with Crippen LogP contribution in [-0.4, -0.2) is 0 Å². The van der Waals surface area contributed by atoms with Gasteiger partial charge in [-0.05, 0) is 52.1 Å². The van der Waals surface area contributed by atoms with Gasteiger partial charge in [-0.2, -0.15) is 0 Å². The highest BCUT2D eigenvalue weighted by atomic mass is 14.4. The summed E-state index contributed by atoms with van der Waals surface area (Å²) in [6, 6.07) is 17.4. The highest BCUT2D eigenvalue weighted by Crippen LogP contribution is 2.53. The van der Waals surface area contributed by atoms with Crippen molar-refractivity contribution in [1.82, 2.24) is 0 Å². The fourth-order valence-corrected chi connectivity index (χ4v) is 4.32. The van der Waals surface area contributed by atoms with Crippen LogP contribution in [0.5, 0.6) is 0 Å². The summed E-state index contributed by atoms with van der Waals surface area (Å²) in [6.45, 7) is 9.13. The molecule has 0 bridgehead atoms. The molecule has 1 atom stereocenters. The molecule has 1 saturated carbocycles. The minimum Gasteiger partial charge on any atom is -0.0906 e. The maximum Gasteiger partial charge on any atom is 0.00628 e. The second-order valence-electron chi connectivity index (χ2n) is 7.62. The molecule has 0 radical (unpaired) electrons. The van der Waals surface area contributed by atoms with Crippen LogP contribution in [0.4, 0.5) is 0 Å². The van der Waals surface area contributed by atoms with Crippen LogP contribution in [0.3, 0.4) is 0 Å². The molecule has 1 fully saturated rings. The zero-order valence-corrected chi connectivity index (χ0v) is 14.1. The first-order chi connectivity index (χ1) is 11.1. The maximum atomic E-state index is 4.32. The maximum absolute atomic E-state index is 4.32. The number of fused-ring (bicyclic) bond motifs is 3. The summed E-state index contributed by atoms with van der Waals surface area (Å²) in [6.07, 6.45) is 6.42. The van der Waals surface area contributed by atoms with E-state index in [9.17, 15) is 0 Å². The molecule has 1 unspecified atom stereocenters. The Hall–Kier alpha value is -2.08. The summed E-state index contributed by atoms with van der Waals surface area (Å²) < 4.78 is 0. The molecule has 2 aliphatic rings. The average Bonchev–Trinajstić information content (AvgIpc) is 2.94. The second kappa shape index (κ2) is 5.23. The van der Waals surface area contributed by atoms with Gasteiger partial charge in [0.1, 0.15) is 0 Å². The lowest BCUT2D eigenvalue weighted by Crippen LogP contribution is -2.23. The molecule has 4 rings (SSSR count). The third kappa shape index (κ3) is 2.37. The molecule has 0 N–H and O–H groups in total. The monoisotopic (exact) mass is 300 g/mol. The van der Waals surface area contributed by atoms with Crippen LogP contribution < -0.4 is 0 Å². The summed E-state index contributed by atoms with van der Waals surface area (Å²) in [5, 5.41) is 0. The minimum atomic E-state index is 0.346. The topological polar surface area (TPSA) is 0 Å². The van der Waals surface area contributed by atoms with E-state index in [2.05, 4.69) is 75.0 Å².